The summed E-state index contributed by atoms with van der Waals surface area (Å²) in [7, 11) is 0. The molecule has 1 aromatic rings. The predicted molar refractivity (Wildman–Crippen MR) is 67.8 cm³/mol. The summed E-state index contributed by atoms with van der Waals surface area (Å²) in [6.45, 7) is 7.07. The second kappa shape index (κ2) is 4.74. The van der Waals surface area contributed by atoms with E-state index in [9.17, 15) is 0 Å². The molecule has 1 unspecified atom stereocenters. The van der Waals surface area contributed by atoms with Crippen LogP contribution in [0, 0.1) is 6.92 Å². The molecular formula is C13H20N2O. The van der Waals surface area contributed by atoms with Crippen molar-refractivity contribution in [2.45, 2.75) is 26.4 Å². The van der Waals surface area contributed by atoms with Crippen LogP contribution in [0.2, 0.25) is 0 Å². The van der Waals surface area contributed by atoms with Gasteiger partial charge in [0, 0.05) is 24.5 Å². The lowest BCUT2D eigenvalue weighted by Gasteiger charge is -2.35. The van der Waals surface area contributed by atoms with Gasteiger partial charge in [-0.05, 0) is 37.1 Å². The average molecular weight is 220 g/mol. The molecular weight excluding hydrogens is 200 g/mol. The lowest BCUT2D eigenvalue weighted by molar-refractivity contribution is 0.0384. The first-order valence-corrected chi connectivity index (χ1v) is 5.93. The molecule has 1 aliphatic rings. The van der Waals surface area contributed by atoms with Crippen molar-refractivity contribution in [3.8, 4) is 0 Å². The van der Waals surface area contributed by atoms with Crippen LogP contribution in [0.3, 0.4) is 0 Å². The molecule has 1 aliphatic heterocycles. The highest BCUT2D eigenvalue weighted by Crippen LogP contribution is 2.24. The summed E-state index contributed by atoms with van der Waals surface area (Å²) in [4.78, 5) is 2.40. The Labute approximate surface area is 97.2 Å². The fourth-order valence-electron chi connectivity index (χ4n) is 2.22. The fraction of sp³-hybridized carbons (Fsp3) is 0.538. The number of hydrogen-bond acceptors (Lipinski definition) is 3. The van der Waals surface area contributed by atoms with E-state index in [4.69, 9.17) is 10.5 Å². The lowest BCUT2D eigenvalue weighted by atomic mass is 10.1. The standard InChI is InChI=1S/C13H20N2O/c1-3-12-9-15(6-7-16-12)13-5-4-11(14)8-10(13)2/h4-5,8,12H,3,6-7,9,14H2,1-2H3. The van der Waals surface area contributed by atoms with E-state index in [-0.39, 0.29) is 0 Å². The zero-order chi connectivity index (χ0) is 11.5. The zero-order valence-corrected chi connectivity index (χ0v) is 10.1. The lowest BCUT2D eigenvalue weighted by Crippen LogP contribution is -2.42. The summed E-state index contributed by atoms with van der Waals surface area (Å²) in [5.41, 5.74) is 9.14. The van der Waals surface area contributed by atoms with Gasteiger partial charge in [0.05, 0.1) is 12.7 Å². The monoisotopic (exact) mass is 220 g/mol. The Kier molecular flexibility index (Phi) is 3.34. The van der Waals surface area contributed by atoms with Gasteiger partial charge in [-0.25, -0.2) is 0 Å². The Hall–Kier alpha value is -1.22. The topological polar surface area (TPSA) is 38.5 Å². The highest BCUT2D eigenvalue weighted by Gasteiger charge is 2.20. The summed E-state index contributed by atoms with van der Waals surface area (Å²) < 4.78 is 5.68. The largest absolute Gasteiger partial charge is 0.399 e. The molecule has 3 heteroatoms. The second-order valence-electron chi connectivity index (χ2n) is 4.39. The number of hydrogen-bond donors (Lipinski definition) is 1. The molecule has 0 spiro atoms. The van der Waals surface area contributed by atoms with Crippen molar-refractivity contribution in [1.29, 1.82) is 0 Å². The first-order valence-electron chi connectivity index (χ1n) is 5.93. The minimum atomic E-state index is 0.366. The van der Waals surface area contributed by atoms with Crippen LogP contribution < -0.4 is 10.6 Å². The molecule has 0 aliphatic carbocycles. The number of nitrogen functional groups attached to an aromatic ring is 1. The van der Waals surface area contributed by atoms with E-state index >= 15 is 0 Å². The summed E-state index contributed by atoms with van der Waals surface area (Å²) in [5.74, 6) is 0. The van der Waals surface area contributed by atoms with Gasteiger partial charge in [-0.2, -0.15) is 0 Å². The molecule has 2 rings (SSSR count). The molecule has 0 aromatic heterocycles. The van der Waals surface area contributed by atoms with Crippen LogP contribution in [0.25, 0.3) is 0 Å². The Morgan fingerprint density at radius 1 is 1.50 bits per heavy atom. The SMILES string of the molecule is CCC1CN(c2ccc(N)cc2C)CCO1. The van der Waals surface area contributed by atoms with E-state index in [1.54, 1.807) is 0 Å². The normalized spacial score (nSPS) is 21.1. The van der Waals surface area contributed by atoms with E-state index in [2.05, 4.69) is 24.8 Å². The van der Waals surface area contributed by atoms with E-state index in [1.807, 2.05) is 12.1 Å². The minimum absolute atomic E-state index is 0.366. The van der Waals surface area contributed by atoms with Gasteiger partial charge >= 0.3 is 0 Å². The van der Waals surface area contributed by atoms with Crippen molar-refractivity contribution in [2.24, 2.45) is 0 Å². The van der Waals surface area contributed by atoms with Gasteiger partial charge < -0.3 is 15.4 Å². The third kappa shape index (κ3) is 2.30. The Morgan fingerprint density at radius 3 is 3.00 bits per heavy atom. The Bertz CT molecular complexity index is 365. The third-order valence-electron chi connectivity index (χ3n) is 3.16. The molecule has 1 saturated heterocycles. The molecule has 16 heavy (non-hydrogen) atoms. The van der Waals surface area contributed by atoms with Crippen LogP contribution in [0.4, 0.5) is 11.4 Å². The van der Waals surface area contributed by atoms with E-state index in [1.165, 1.54) is 11.3 Å². The average Bonchev–Trinajstić information content (AvgIpc) is 2.29. The van der Waals surface area contributed by atoms with Crippen LogP contribution in [-0.4, -0.2) is 25.8 Å². The molecule has 1 heterocycles. The highest BCUT2D eigenvalue weighted by molar-refractivity contribution is 5.59. The maximum atomic E-state index is 5.77. The molecule has 1 fully saturated rings. The summed E-state index contributed by atoms with van der Waals surface area (Å²) in [6, 6.07) is 6.12. The van der Waals surface area contributed by atoms with Crippen LogP contribution >= 0.6 is 0 Å². The zero-order valence-electron chi connectivity index (χ0n) is 10.1. The van der Waals surface area contributed by atoms with Crippen molar-refractivity contribution in [2.75, 3.05) is 30.3 Å². The molecule has 2 N–H and O–H groups in total. The number of ether oxygens (including phenoxy) is 1. The number of anilines is 2. The first kappa shape index (κ1) is 11.3. The van der Waals surface area contributed by atoms with Gasteiger partial charge in [0.15, 0.2) is 0 Å². The molecule has 0 bridgehead atoms. The van der Waals surface area contributed by atoms with Crippen LogP contribution in [0.15, 0.2) is 18.2 Å². The molecule has 0 saturated carbocycles. The van der Waals surface area contributed by atoms with Crippen molar-refractivity contribution in [3.63, 3.8) is 0 Å². The smallest absolute Gasteiger partial charge is 0.0748 e. The maximum absolute atomic E-state index is 5.77. The molecule has 0 amide bonds. The summed E-state index contributed by atoms with van der Waals surface area (Å²) in [6.07, 6.45) is 1.44. The van der Waals surface area contributed by atoms with Crippen LogP contribution in [-0.2, 0) is 4.74 Å². The number of nitrogens with two attached hydrogens (primary N) is 1. The number of aryl methyl sites for hydroxylation is 1. The molecule has 3 nitrogen and oxygen atoms in total. The van der Waals surface area contributed by atoms with E-state index in [0.29, 0.717) is 6.10 Å². The number of nitrogens with zero attached hydrogens (tertiary/aromatic N) is 1. The number of rotatable bonds is 2. The summed E-state index contributed by atoms with van der Waals surface area (Å²) >= 11 is 0. The number of benzene rings is 1. The molecule has 0 radical (unpaired) electrons. The fourth-order valence-corrected chi connectivity index (χ4v) is 2.22. The number of morpholine rings is 1. The quantitative estimate of drug-likeness (QED) is 0.776. The van der Waals surface area contributed by atoms with Crippen LogP contribution in [0.1, 0.15) is 18.9 Å². The highest BCUT2D eigenvalue weighted by atomic mass is 16.5. The van der Waals surface area contributed by atoms with Gasteiger partial charge in [-0.3, -0.25) is 0 Å². The van der Waals surface area contributed by atoms with Crippen molar-refractivity contribution in [1.82, 2.24) is 0 Å². The van der Waals surface area contributed by atoms with Gasteiger partial charge in [-0.1, -0.05) is 6.92 Å². The van der Waals surface area contributed by atoms with Crippen LogP contribution in [0.5, 0.6) is 0 Å². The predicted octanol–water partition coefficient (Wildman–Crippen LogP) is 2.19. The second-order valence-corrected chi connectivity index (χ2v) is 4.39. The van der Waals surface area contributed by atoms with E-state index < -0.39 is 0 Å². The van der Waals surface area contributed by atoms with Crippen molar-refractivity contribution >= 4 is 11.4 Å². The third-order valence-corrected chi connectivity index (χ3v) is 3.16. The first-order chi connectivity index (χ1) is 7.70. The van der Waals surface area contributed by atoms with Gasteiger partial charge in [-0.15, -0.1) is 0 Å². The molecule has 88 valence electrons. The van der Waals surface area contributed by atoms with E-state index in [0.717, 1.165) is 31.8 Å². The van der Waals surface area contributed by atoms with Gasteiger partial charge in [0.1, 0.15) is 0 Å². The minimum Gasteiger partial charge on any atom is -0.399 e. The maximum Gasteiger partial charge on any atom is 0.0748 e. The van der Waals surface area contributed by atoms with Crippen molar-refractivity contribution in [3.05, 3.63) is 23.8 Å². The summed E-state index contributed by atoms with van der Waals surface area (Å²) in [5, 5.41) is 0. The molecule has 1 atom stereocenters. The van der Waals surface area contributed by atoms with Crippen molar-refractivity contribution < 1.29 is 4.74 Å². The Balaban J connectivity index is 2.16. The molecule has 1 aromatic carbocycles. The Morgan fingerprint density at radius 2 is 2.31 bits per heavy atom. The van der Waals surface area contributed by atoms with Gasteiger partial charge in [0.25, 0.3) is 0 Å². The van der Waals surface area contributed by atoms with Gasteiger partial charge in [0.2, 0.25) is 0 Å².